The molecule has 1 unspecified atom stereocenters. The van der Waals surface area contributed by atoms with Gasteiger partial charge in [-0.2, -0.15) is 0 Å². The third kappa shape index (κ3) is 6.62. The second kappa shape index (κ2) is 9.75. The average molecular weight is 346 g/mol. The van der Waals surface area contributed by atoms with Crippen LogP contribution >= 0.6 is 12.4 Å². The molecule has 1 atom stereocenters. The van der Waals surface area contributed by atoms with Gasteiger partial charge in [0.1, 0.15) is 0 Å². The van der Waals surface area contributed by atoms with E-state index in [1.807, 2.05) is 6.92 Å². The minimum absolute atomic E-state index is 0. The van der Waals surface area contributed by atoms with Gasteiger partial charge in [-0.3, -0.25) is 24.6 Å². The van der Waals surface area contributed by atoms with Gasteiger partial charge < -0.3 is 10.4 Å². The summed E-state index contributed by atoms with van der Waals surface area (Å²) >= 11 is 0. The molecule has 1 aromatic carbocycles. The number of benzene rings is 1. The van der Waals surface area contributed by atoms with Crippen molar-refractivity contribution < 1.29 is 19.6 Å². The molecular weight excluding hydrogens is 326 g/mol. The first-order chi connectivity index (χ1) is 10.3. The summed E-state index contributed by atoms with van der Waals surface area (Å²) in [4.78, 5) is 34.7. The van der Waals surface area contributed by atoms with Gasteiger partial charge in [0.25, 0.3) is 5.69 Å². The zero-order valence-electron chi connectivity index (χ0n) is 12.9. The smallest absolute Gasteiger partial charge is 0.317 e. The number of nitro benzene ring substituents is 1. The highest BCUT2D eigenvalue weighted by Gasteiger charge is 2.23. The van der Waals surface area contributed by atoms with Gasteiger partial charge in [0.15, 0.2) is 0 Å². The van der Waals surface area contributed by atoms with Crippen LogP contribution in [-0.4, -0.2) is 45.9 Å². The highest BCUT2D eigenvalue weighted by molar-refractivity contribution is 5.95. The van der Waals surface area contributed by atoms with E-state index < -0.39 is 22.8 Å². The fourth-order valence-electron chi connectivity index (χ4n) is 1.98. The van der Waals surface area contributed by atoms with Crippen LogP contribution in [-0.2, 0) is 9.59 Å². The Balaban J connectivity index is 0.00000484. The van der Waals surface area contributed by atoms with Gasteiger partial charge >= 0.3 is 5.97 Å². The van der Waals surface area contributed by atoms with E-state index >= 15 is 0 Å². The van der Waals surface area contributed by atoms with Crippen LogP contribution in [0.15, 0.2) is 24.3 Å². The minimum atomic E-state index is -1.01. The second-order valence-electron chi connectivity index (χ2n) is 4.84. The van der Waals surface area contributed by atoms with Crippen LogP contribution in [0.25, 0.3) is 0 Å². The number of hydrogen-bond donors (Lipinski definition) is 2. The molecule has 128 valence electrons. The van der Waals surface area contributed by atoms with Crippen molar-refractivity contribution >= 4 is 35.7 Å². The van der Waals surface area contributed by atoms with Crippen LogP contribution in [0.2, 0.25) is 0 Å². The molecule has 0 heterocycles. The lowest BCUT2D eigenvalue weighted by molar-refractivity contribution is -0.384. The number of aliphatic carboxylic acids is 1. The predicted octanol–water partition coefficient (Wildman–Crippen LogP) is 2.14. The van der Waals surface area contributed by atoms with E-state index in [4.69, 9.17) is 5.11 Å². The molecule has 1 aromatic rings. The highest BCUT2D eigenvalue weighted by Crippen LogP contribution is 2.17. The molecule has 0 spiro atoms. The maximum atomic E-state index is 12.2. The van der Waals surface area contributed by atoms with E-state index in [1.54, 1.807) is 13.0 Å². The zero-order valence-corrected chi connectivity index (χ0v) is 13.7. The van der Waals surface area contributed by atoms with Crippen molar-refractivity contribution in [3.05, 3.63) is 34.4 Å². The summed E-state index contributed by atoms with van der Waals surface area (Å²) in [5.74, 6) is -1.42. The maximum absolute atomic E-state index is 12.2. The van der Waals surface area contributed by atoms with Gasteiger partial charge in [-0.25, -0.2) is 0 Å². The minimum Gasteiger partial charge on any atom is -0.480 e. The number of carboxylic acid groups (broad SMARTS) is 1. The van der Waals surface area contributed by atoms with E-state index in [0.717, 1.165) is 0 Å². The number of amides is 1. The lowest BCUT2D eigenvalue weighted by atomic mass is 10.2. The Kier molecular flexibility index (Phi) is 8.82. The first-order valence-electron chi connectivity index (χ1n) is 6.86. The van der Waals surface area contributed by atoms with E-state index in [2.05, 4.69) is 5.32 Å². The molecule has 1 rings (SSSR count). The molecule has 0 radical (unpaired) electrons. The number of carbonyl (C=O) groups excluding carboxylic acids is 1. The first kappa shape index (κ1) is 20.8. The summed E-state index contributed by atoms with van der Waals surface area (Å²) in [6.07, 6.45) is 0.710. The number of carbonyl (C=O) groups is 2. The summed E-state index contributed by atoms with van der Waals surface area (Å²) in [5.41, 5.74) is 0.180. The third-order valence-corrected chi connectivity index (χ3v) is 3.10. The van der Waals surface area contributed by atoms with Gasteiger partial charge in [0.2, 0.25) is 5.91 Å². The molecule has 0 aliphatic heterocycles. The first-order valence-corrected chi connectivity index (χ1v) is 6.86. The number of anilines is 1. The summed E-state index contributed by atoms with van der Waals surface area (Å²) < 4.78 is 0. The number of hydrogen-bond acceptors (Lipinski definition) is 5. The largest absolute Gasteiger partial charge is 0.480 e. The monoisotopic (exact) mass is 345 g/mol. The highest BCUT2D eigenvalue weighted by atomic mass is 35.5. The molecule has 2 N–H and O–H groups in total. The molecule has 1 amide bonds. The number of halogens is 1. The van der Waals surface area contributed by atoms with Gasteiger partial charge in [0.05, 0.1) is 17.5 Å². The molecule has 0 aliphatic rings. The summed E-state index contributed by atoms with van der Waals surface area (Å²) in [7, 11) is 0. The molecule has 0 saturated carbocycles. The van der Waals surface area contributed by atoms with Crippen LogP contribution < -0.4 is 5.32 Å². The Hall–Kier alpha value is -2.19. The van der Waals surface area contributed by atoms with Crippen molar-refractivity contribution in [1.82, 2.24) is 4.90 Å². The van der Waals surface area contributed by atoms with Crippen molar-refractivity contribution in [2.75, 3.05) is 18.4 Å². The summed E-state index contributed by atoms with van der Waals surface area (Å²) in [6.45, 7) is 3.72. The SMILES string of the molecule is CCCN(CC(=O)O)C(C)C(=O)Nc1cccc([N+](=O)[O-])c1.Cl. The van der Waals surface area contributed by atoms with Crippen LogP contribution in [0, 0.1) is 10.1 Å². The Morgan fingerprint density at radius 3 is 2.61 bits per heavy atom. The molecule has 23 heavy (non-hydrogen) atoms. The fraction of sp³-hybridized carbons (Fsp3) is 0.429. The predicted molar refractivity (Wildman–Crippen MR) is 87.9 cm³/mol. The number of non-ortho nitro benzene ring substituents is 1. The lowest BCUT2D eigenvalue weighted by Gasteiger charge is -2.26. The quantitative estimate of drug-likeness (QED) is 0.551. The van der Waals surface area contributed by atoms with Crippen molar-refractivity contribution in [1.29, 1.82) is 0 Å². The molecule has 0 fully saturated rings. The normalized spacial score (nSPS) is 11.4. The number of carboxylic acids is 1. The van der Waals surface area contributed by atoms with Crippen molar-refractivity contribution in [2.45, 2.75) is 26.3 Å². The van der Waals surface area contributed by atoms with Crippen LogP contribution in [0.3, 0.4) is 0 Å². The lowest BCUT2D eigenvalue weighted by Crippen LogP contribution is -2.44. The van der Waals surface area contributed by atoms with E-state index in [0.29, 0.717) is 18.7 Å². The van der Waals surface area contributed by atoms with Gasteiger partial charge in [-0.1, -0.05) is 13.0 Å². The molecular formula is C14H20ClN3O5. The third-order valence-electron chi connectivity index (χ3n) is 3.10. The van der Waals surface area contributed by atoms with Crippen molar-refractivity contribution in [2.24, 2.45) is 0 Å². The molecule has 0 saturated heterocycles. The van der Waals surface area contributed by atoms with E-state index in [9.17, 15) is 19.7 Å². The topological polar surface area (TPSA) is 113 Å². The second-order valence-corrected chi connectivity index (χ2v) is 4.84. The number of nitrogens with zero attached hydrogens (tertiary/aromatic N) is 2. The Morgan fingerprint density at radius 1 is 1.43 bits per heavy atom. The summed E-state index contributed by atoms with van der Waals surface area (Å²) in [6, 6.07) is 4.94. The van der Waals surface area contributed by atoms with Gasteiger partial charge in [-0.15, -0.1) is 12.4 Å². The molecule has 8 nitrogen and oxygen atoms in total. The van der Waals surface area contributed by atoms with Crippen LogP contribution in [0.1, 0.15) is 20.3 Å². The Bertz CT molecular complexity index is 567. The average Bonchev–Trinajstić information content (AvgIpc) is 2.45. The maximum Gasteiger partial charge on any atom is 0.317 e. The molecule has 0 aromatic heterocycles. The molecule has 0 bridgehead atoms. The Morgan fingerprint density at radius 2 is 2.09 bits per heavy atom. The van der Waals surface area contributed by atoms with Crippen molar-refractivity contribution in [3.8, 4) is 0 Å². The molecule has 0 aliphatic carbocycles. The number of rotatable bonds is 8. The summed E-state index contributed by atoms with van der Waals surface area (Å²) in [5, 5.41) is 22.2. The van der Waals surface area contributed by atoms with Crippen LogP contribution in [0.5, 0.6) is 0 Å². The van der Waals surface area contributed by atoms with Crippen molar-refractivity contribution in [3.63, 3.8) is 0 Å². The van der Waals surface area contributed by atoms with E-state index in [-0.39, 0.29) is 24.6 Å². The van der Waals surface area contributed by atoms with Crippen LogP contribution in [0.4, 0.5) is 11.4 Å². The van der Waals surface area contributed by atoms with Gasteiger partial charge in [-0.05, 0) is 26.0 Å². The molecule has 9 heteroatoms. The zero-order chi connectivity index (χ0) is 16.7. The number of nitro groups is 1. The van der Waals surface area contributed by atoms with Gasteiger partial charge in [0, 0.05) is 17.8 Å². The Labute approximate surface area is 140 Å². The van der Waals surface area contributed by atoms with E-state index in [1.165, 1.54) is 23.1 Å². The standard InChI is InChI=1S/C14H19N3O5.ClH/c1-3-7-16(9-13(18)19)10(2)14(20)15-11-5-4-6-12(8-11)17(21)22;/h4-6,8,10H,3,7,9H2,1-2H3,(H,15,20)(H,18,19);1H. The fourth-order valence-corrected chi connectivity index (χ4v) is 1.98. The number of nitrogens with one attached hydrogen (secondary N) is 1.